The lowest BCUT2D eigenvalue weighted by molar-refractivity contribution is 0.0146. The summed E-state index contributed by atoms with van der Waals surface area (Å²) in [7, 11) is 2.17. The van der Waals surface area contributed by atoms with E-state index < -0.39 is 0 Å². The first-order valence-electron chi connectivity index (χ1n) is 4.92. The van der Waals surface area contributed by atoms with Gasteiger partial charge in [-0.3, -0.25) is 0 Å². The van der Waals surface area contributed by atoms with Gasteiger partial charge >= 0.3 is 0 Å². The Morgan fingerprint density at radius 2 is 1.67 bits per heavy atom. The van der Waals surface area contributed by atoms with Crippen LogP contribution >= 0.6 is 0 Å². The lowest BCUT2D eigenvalue weighted by atomic mass is 10.1. The molecule has 0 fully saturated rings. The number of hydrogen-bond donors (Lipinski definition) is 0. The van der Waals surface area contributed by atoms with Crippen LogP contribution < -0.4 is 5.01 Å². The molecule has 0 aliphatic heterocycles. The molecule has 0 rings (SSSR count). The second-order valence-electron chi connectivity index (χ2n) is 4.24. The summed E-state index contributed by atoms with van der Waals surface area (Å²) in [6.45, 7) is 13.4. The monoisotopic (exact) mass is 172 g/mol. The smallest absolute Gasteiger partial charge is 0.104 e. The number of rotatable bonds is 4. The van der Waals surface area contributed by atoms with Crippen molar-refractivity contribution in [2.45, 2.75) is 46.6 Å². The average molecular weight is 172 g/mol. The van der Waals surface area contributed by atoms with Crippen LogP contribution in [0.3, 0.4) is 0 Å². The summed E-state index contributed by atoms with van der Waals surface area (Å²) >= 11 is 0. The Morgan fingerprint density at radius 1 is 1.17 bits per heavy atom. The number of hydrogen-bond acceptors (Lipinski definition) is 2. The fourth-order valence-corrected chi connectivity index (χ4v) is 1.20. The van der Waals surface area contributed by atoms with Gasteiger partial charge in [0, 0.05) is 13.5 Å². The maximum Gasteiger partial charge on any atom is 0.144 e. The first-order valence-corrected chi connectivity index (χ1v) is 4.92. The minimum Gasteiger partial charge on any atom is -0.104 e. The third-order valence-corrected chi connectivity index (χ3v) is 2.24. The Bertz CT molecular complexity index is 115. The van der Waals surface area contributed by atoms with Crippen molar-refractivity contribution < 1.29 is 0 Å². The highest BCUT2D eigenvalue weighted by atomic mass is 15.6. The van der Waals surface area contributed by atoms with Crippen molar-refractivity contribution in [3.63, 3.8) is 0 Å². The largest absolute Gasteiger partial charge is 0.144 e. The molecule has 1 radical (unpaired) electrons. The van der Waals surface area contributed by atoms with Crippen LogP contribution in [0.4, 0.5) is 0 Å². The van der Waals surface area contributed by atoms with Crippen LogP contribution in [0.25, 0.3) is 0 Å². The molecule has 12 heavy (non-hydrogen) atoms. The summed E-state index contributed by atoms with van der Waals surface area (Å²) in [5.74, 6) is 0. The zero-order chi connectivity index (χ0) is 9.78. The van der Waals surface area contributed by atoms with Crippen molar-refractivity contribution in [2.75, 3.05) is 20.1 Å². The fourth-order valence-electron chi connectivity index (χ4n) is 1.20. The quantitative estimate of drug-likeness (QED) is 0.466. The second kappa shape index (κ2) is 4.83. The Morgan fingerprint density at radius 3 is 1.92 bits per heavy atom. The molecule has 0 aliphatic rings. The van der Waals surface area contributed by atoms with Gasteiger partial charge in [0.05, 0.1) is 5.54 Å². The summed E-state index contributed by atoms with van der Waals surface area (Å²) in [4.78, 5) is 0. The molecular weight excluding hydrogens is 148 g/mol. The predicted octanol–water partition coefficient (Wildman–Crippen LogP) is 2.20. The third-order valence-electron chi connectivity index (χ3n) is 2.24. The molecule has 73 valence electrons. The summed E-state index contributed by atoms with van der Waals surface area (Å²) in [5, 5.41) is 4.72. The summed E-state index contributed by atoms with van der Waals surface area (Å²) < 4.78 is 0. The second-order valence-corrected chi connectivity index (χ2v) is 4.24. The van der Waals surface area contributed by atoms with Gasteiger partial charge in [0.2, 0.25) is 0 Å². The van der Waals surface area contributed by atoms with E-state index >= 15 is 0 Å². The zero-order valence-corrected chi connectivity index (χ0v) is 9.52. The zero-order valence-electron chi connectivity index (χ0n) is 9.52. The summed E-state index contributed by atoms with van der Waals surface area (Å²) in [5.41, 5.74) is 0.241. The fraction of sp³-hybridized carbons (Fsp3) is 1.00. The molecule has 0 aromatic carbocycles. The lowest BCUT2D eigenvalue weighted by Gasteiger charge is -2.31. The van der Waals surface area contributed by atoms with Gasteiger partial charge in [-0.15, -0.1) is 5.01 Å². The van der Waals surface area contributed by atoms with Crippen LogP contribution in [0.5, 0.6) is 0 Å². The van der Waals surface area contributed by atoms with E-state index in [0.29, 0.717) is 0 Å². The molecule has 0 aliphatic carbocycles. The minimum absolute atomic E-state index is 0.241. The van der Waals surface area contributed by atoms with Crippen LogP contribution in [0.1, 0.15) is 41.0 Å². The molecule has 0 amide bonds. The molecule has 0 bridgehead atoms. The third kappa shape index (κ3) is 3.55. The van der Waals surface area contributed by atoms with Crippen LogP contribution in [-0.4, -0.2) is 30.7 Å². The van der Waals surface area contributed by atoms with Crippen LogP contribution in [-0.2, 0) is 0 Å². The topological polar surface area (TPSA) is 9.14 Å². The molecule has 0 aromatic rings. The molecule has 0 unspecified atom stereocenters. The van der Waals surface area contributed by atoms with E-state index in [1.165, 1.54) is 6.42 Å². The van der Waals surface area contributed by atoms with E-state index in [9.17, 15) is 0 Å². The number of nitrogens with zero attached hydrogens (tertiary/aromatic N) is 2. The maximum atomic E-state index is 2.39. The molecule has 2 heteroatoms. The van der Waals surface area contributed by atoms with E-state index in [2.05, 4.69) is 51.7 Å². The van der Waals surface area contributed by atoms with Gasteiger partial charge in [-0.1, -0.05) is 11.9 Å². The number of hydrazine groups is 1. The molecule has 0 saturated heterocycles. The normalized spacial score (nSPS) is 13.0. The molecule has 0 aromatic heterocycles. The Kier molecular flexibility index (Phi) is 4.80. The van der Waals surface area contributed by atoms with Gasteiger partial charge in [-0.05, 0) is 27.7 Å². The van der Waals surface area contributed by atoms with E-state index in [4.69, 9.17) is 0 Å². The average Bonchev–Trinajstić information content (AvgIpc) is 1.97. The molecule has 0 spiro atoms. The Labute approximate surface area is 77.5 Å². The van der Waals surface area contributed by atoms with Crippen molar-refractivity contribution in [1.29, 1.82) is 0 Å². The van der Waals surface area contributed by atoms with Gasteiger partial charge in [0.25, 0.3) is 0 Å². The summed E-state index contributed by atoms with van der Waals surface area (Å²) in [6, 6.07) is 0. The molecular formula is C10H24N2+. The van der Waals surface area contributed by atoms with Gasteiger partial charge < -0.3 is 0 Å². The van der Waals surface area contributed by atoms with E-state index in [0.717, 1.165) is 13.1 Å². The van der Waals surface area contributed by atoms with E-state index in [1.54, 1.807) is 0 Å². The van der Waals surface area contributed by atoms with Crippen molar-refractivity contribution in [1.82, 2.24) is 10.0 Å². The van der Waals surface area contributed by atoms with Crippen LogP contribution in [0.15, 0.2) is 0 Å². The van der Waals surface area contributed by atoms with Crippen molar-refractivity contribution in [3.05, 3.63) is 0 Å². The molecule has 0 saturated carbocycles. The predicted molar refractivity (Wildman–Crippen MR) is 55.3 cm³/mol. The minimum atomic E-state index is 0.241. The molecule has 0 heterocycles. The van der Waals surface area contributed by atoms with Crippen LogP contribution in [0.2, 0.25) is 0 Å². The van der Waals surface area contributed by atoms with Gasteiger partial charge in [0.15, 0.2) is 0 Å². The molecule has 0 N–H and O–H groups in total. The standard InChI is InChI=1S/C10H24N2/c1-7-9-12(8-2)11(6)10(3,4)5/h7-9H2,1-6H3/q+1. The SMILES string of the molecule is CCC[N+](CC)N(C)C(C)(C)C. The Hall–Kier alpha value is -0.0800. The highest BCUT2D eigenvalue weighted by molar-refractivity contribution is 4.73. The summed E-state index contributed by atoms with van der Waals surface area (Å²) in [6.07, 6.45) is 1.22. The lowest BCUT2D eigenvalue weighted by Crippen LogP contribution is -2.54. The van der Waals surface area contributed by atoms with Gasteiger partial charge in [-0.2, -0.15) is 0 Å². The maximum absolute atomic E-state index is 2.39. The molecule has 2 nitrogen and oxygen atoms in total. The highest BCUT2D eigenvalue weighted by Crippen LogP contribution is 2.11. The van der Waals surface area contributed by atoms with Gasteiger partial charge in [-0.25, -0.2) is 0 Å². The van der Waals surface area contributed by atoms with Crippen molar-refractivity contribution >= 4 is 0 Å². The van der Waals surface area contributed by atoms with Crippen molar-refractivity contribution in [3.8, 4) is 0 Å². The first-order chi connectivity index (χ1) is 5.43. The van der Waals surface area contributed by atoms with E-state index in [-0.39, 0.29) is 5.54 Å². The Balaban J connectivity index is 4.11. The first kappa shape index (κ1) is 11.9. The van der Waals surface area contributed by atoms with Gasteiger partial charge in [0.1, 0.15) is 13.1 Å². The molecule has 0 atom stereocenters. The van der Waals surface area contributed by atoms with Crippen molar-refractivity contribution in [2.24, 2.45) is 0 Å². The van der Waals surface area contributed by atoms with Crippen LogP contribution in [0, 0.1) is 0 Å². The van der Waals surface area contributed by atoms with E-state index in [1.807, 2.05) is 0 Å². The highest BCUT2D eigenvalue weighted by Gasteiger charge is 2.29.